The van der Waals surface area contributed by atoms with Gasteiger partial charge in [-0.05, 0) is 30.4 Å². The first-order valence-electron chi connectivity index (χ1n) is 14.2. The fraction of sp³-hybridized carbons (Fsp3) is 0.424. The Balaban J connectivity index is 0.000000626. The Morgan fingerprint density at radius 1 is 1.14 bits per heavy atom. The molecule has 3 aromatic carbocycles. The summed E-state index contributed by atoms with van der Waals surface area (Å²) in [6, 6.07) is 21.5. The van der Waals surface area contributed by atoms with Gasteiger partial charge in [-0.3, -0.25) is 9.18 Å². The number of carbonyl (C=O) groups is 1. The predicted molar refractivity (Wildman–Crippen MR) is 165 cm³/mol. The number of hydrogen-bond donors (Lipinski definition) is 3. The number of aliphatic hydroxyl groups is 1. The van der Waals surface area contributed by atoms with Crippen LogP contribution in [0.4, 0.5) is 4.39 Å². The third kappa shape index (κ3) is 10.8. The van der Waals surface area contributed by atoms with Gasteiger partial charge in [0.1, 0.15) is 6.61 Å². The number of nitrogens with one attached hydrogen (secondary N) is 1. The van der Waals surface area contributed by atoms with Crippen molar-refractivity contribution in [1.29, 1.82) is 0 Å². The van der Waals surface area contributed by atoms with E-state index in [0.717, 1.165) is 30.4 Å². The number of nitrogens with two attached hydrogens (primary N) is 2. The quantitative estimate of drug-likeness (QED) is 0.184. The number of benzene rings is 3. The van der Waals surface area contributed by atoms with Gasteiger partial charge in [0, 0.05) is 30.5 Å². The minimum atomic E-state index is -0.634. The van der Waals surface area contributed by atoms with Gasteiger partial charge in [0.05, 0.1) is 17.7 Å². The van der Waals surface area contributed by atoms with Crippen LogP contribution >= 0.6 is 11.6 Å². The number of halogens is 2. The summed E-state index contributed by atoms with van der Waals surface area (Å²) in [4.78, 5) is 11.1. The number of carbonyl (C=O) groups excluding carboxylic acids is 1. The van der Waals surface area contributed by atoms with E-state index in [9.17, 15) is 9.90 Å². The molecule has 6 nitrogen and oxygen atoms in total. The number of hydrogen-bond acceptors (Lipinski definition) is 4. The van der Waals surface area contributed by atoms with Crippen LogP contribution in [0.15, 0.2) is 60.7 Å². The van der Waals surface area contributed by atoms with Crippen molar-refractivity contribution in [1.82, 2.24) is 5.32 Å². The Hall–Kier alpha value is -2.28. The minimum Gasteiger partial charge on any atom is -0.693 e. The molecule has 0 aliphatic heterocycles. The monoisotopic (exact) mass is 767 g/mol. The first-order valence-corrected chi connectivity index (χ1v) is 14.5. The molecule has 9 heteroatoms. The first-order chi connectivity index (χ1) is 19.4. The zero-order valence-electron chi connectivity index (χ0n) is 24.5. The SMILES string of the molecule is CCC[C@H](O)COc1cc[c-]c(-c2cc(C(CN)c3ccccc3)ccc2Cl)c1F.CNC(=O)C1CCCCC1.[NH2-].[W+2]. The summed E-state index contributed by atoms with van der Waals surface area (Å²) in [6.45, 7) is 2.42. The van der Waals surface area contributed by atoms with Crippen molar-refractivity contribution < 1.29 is 40.1 Å². The molecule has 1 fully saturated rings. The maximum atomic E-state index is 15.2. The molecule has 1 saturated carbocycles. The fourth-order valence-corrected chi connectivity index (χ4v) is 5.25. The van der Waals surface area contributed by atoms with Crippen molar-refractivity contribution in [2.75, 3.05) is 20.2 Å². The van der Waals surface area contributed by atoms with Crippen molar-refractivity contribution >= 4 is 17.5 Å². The summed E-state index contributed by atoms with van der Waals surface area (Å²) in [5.41, 5.74) is 8.84. The standard InChI is InChI=1S/C25H26ClFNO2.C8H15NO.H2N.W/c1-2-7-19(29)16-30-24-11-6-10-20(25(24)27)21-14-18(12-13-23(21)26)22(15-28)17-8-4-3-5-9-17;1-9-8(10)7-5-3-2-4-6-7;;/h3-6,8-9,11-14,19,22,29H,2,7,15-16,28H2,1H3;7H,2-6H2,1H3,(H,9,10);1H2;/q-1;;-1;+2/t19-,22?;;;/m0.../s1. The molecule has 0 saturated heterocycles. The average Bonchev–Trinajstić information content (AvgIpc) is 2.99. The van der Waals surface area contributed by atoms with Crippen LogP contribution in [-0.4, -0.2) is 37.3 Å². The van der Waals surface area contributed by atoms with Gasteiger partial charge < -0.3 is 27.0 Å². The van der Waals surface area contributed by atoms with Gasteiger partial charge >= 0.3 is 21.1 Å². The van der Waals surface area contributed by atoms with Crippen LogP contribution in [-0.2, 0) is 25.9 Å². The minimum absolute atomic E-state index is 0. The van der Waals surface area contributed by atoms with Crippen molar-refractivity contribution in [2.45, 2.75) is 63.9 Å². The number of aliphatic hydroxyl groups excluding tert-OH is 1. The van der Waals surface area contributed by atoms with E-state index in [2.05, 4.69) is 11.4 Å². The Bertz CT molecular complexity index is 1210. The number of rotatable bonds is 10. The topological polar surface area (TPSA) is 118 Å². The third-order valence-electron chi connectivity index (χ3n) is 7.27. The summed E-state index contributed by atoms with van der Waals surface area (Å²) in [5.74, 6) is 0.0374. The summed E-state index contributed by atoms with van der Waals surface area (Å²) >= 11 is 6.42. The van der Waals surface area contributed by atoms with E-state index in [1.807, 2.05) is 49.4 Å². The van der Waals surface area contributed by atoms with E-state index in [1.165, 1.54) is 25.3 Å². The van der Waals surface area contributed by atoms with Gasteiger partial charge in [0.15, 0.2) is 0 Å². The normalized spacial score (nSPS) is 14.2. The van der Waals surface area contributed by atoms with E-state index >= 15 is 4.39 Å². The molecular formula is C33H43ClFN3O3W. The molecule has 0 aromatic heterocycles. The van der Waals surface area contributed by atoms with E-state index in [-0.39, 0.29) is 57.0 Å². The Morgan fingerprint density at radius 2 is 1.83 bits per heavy atom. The largest absolute Gasteiger partial charge is 2.00 e. The average molecular weight is 768 g/mol. The third-order valence-corrected chi connectivity index (χ3v) is 7.60. The molecule has 1 unspecified atom stereocenters. The van der Waals surface area contributed by atoms with E-state index in [0.29, 0.717) is 29.5 Å². The molecule has 1 amide bonds. The molecule has 6 N–H and O–H groups in total. The van der Waals surface area contributed by atoms with Crippen LogP contribution < -0.4 is 15.8 Å². The zero-order valence-corrected chi connectivity index (χ0v) is 28.1. The summed E-state index contributed by atoms with van der Waals surface area (Å²) in [5, 5.41) is 13.0. The smallest absolute Gasteiger partial charge is 0.693 e. The molecular weight excluding hydrogens is 725 g/mol. The molecule has 42 heavy (non-hydrogen) atoms. The van der Waals surface area contributed by atoms with Crippen LogP contribution in [0.1, 0.15) is 68.9 Å². The fourth-order valence-electron chi connectivity index (χ4n) is 5.04. The molecule has 1 aliphatic carbocycles. The molecule has 4 rings (SSSR count). The molecule has 2 atom stereocenters. The number of amides is 1. The van der Waals surface area contributed by atoms with Gasteiger partial charge in [-0.2, -0.15) is 0 Å². The summed E-state index contributed by atoms with van der Waals surface area (Å²) in [6.07, 6.45) is 6.77. The second-order valence-electron chi connectivity index (χ2n) is 10.2. The van der Waals surface area contributed by atoms with Crippen LogP contribution in [0, 0.1) is 17.8 Å². The van der Waals surface area contributed by atoms with Crippen LogP contribution in [0.2, 0.25) is 5.02 Å². The van der Waals surface area contributed by atoms with Crippen molar-refractivity contribution in [3.8, 4) is 16.9 Å². The molecule has 0 bridgehead atoms. The van der Waals surface area contributed by atoms with Crippen molar-refractivity contribution in [2.24, 2.45) is 11.7 Å². The molecule has 3 aromatic rings. The Kier molecular flexibility index (Phi) is 17.8. The second kappa shape index (κ2) is 19.8. The maximum absolute atomic E-state index is 15.2. The summed E-state index contributed by atoms with van der Waals surface area (Å²) in [7, 11) is 1.72. The summed E-state index contributed by atoms with van der Waals surface area (Å²) < 4.78 is 20.7. The maximum Gasteiger partial charge on any atom is 2.00 e. The zero-order chi connectivity index (χ0) is 28.9. The van der Waals surface area contributed by atoms with E-state index < -0.39 is 11.9 Å². The molecule has 1 aliphatic rings. The molecule has 0 radical (unpaired) electrons. The Morgan fingerprint density at radius 3 is 2.45 bits per heavy atom. The van der Waals surface area contributed by atoms with Gasteiger partial charge in [0.2, 0.25) is 5.91 Å². The Labute approximate surface area is 269 Å². The van der Waals surface area contributed by atoms with Crippen molar-refractivity contribution in [3.05, 3.63) is 94.8 Å². The van der Waals surface area contributed by atoms with Crippen LogP contribution in [0.5, 0.6) is 5.75 Å². The molecule has 228 valence electrons. The van der Waals surface area contributed by atoms with Gasteiger partial charge in [0.25, 0.3) is 0 Å². The number of ether oxygens (including phenoxy) is 1. The molecule has 0 heterocycles. The van der Waals surface area contributed by atoms with Gasteiger partial charge in [-0.25, -0.2) is 0 Å². The van der Waals surface area contributed by atoms with Crippen LogP contribution in [0.3, 0.4) is 0 Å². The van der Waals surface area contributed by atoms with E-state index in [1.54, 1.807) is 19.2 Å². The first kappa shape index (κ1) is 37.7. The van der Waals surface area contributed by atoms with Crippen LogP contribution in [0.25, 0.3) is 17.3 Å². The van der Waals surface area contributed by atoms with E-state index in [4.69, 9.17) is 22.1 Å². The van der Waals surface area contributed by atoms with Gasteiger partial charge in [-0.1, -0.05) is 104 Å². The molecule has 0 spiro atoms. The van der Waals surface area contributed by atoms with Crippen molar-refractivity contribution in [3.63, 3.8) is 0 Å². The predicted octanol–water partition coefficient (Wildman–Crippen LogP) is 7.60. The van der Waals surface area contributed by atoms with Gasteiger partial charge in [-0.15, -0.1) is 17.7 Å². The second-order valence-corrected chi connectivity index (χ2v) is 10.6.